The van der Waals surface area contributed by atoms with Crippen LogP contribution < -0.4 is 10.5 Å². The predicted molar refractivity (Wildman–Crippen MR) is 66.7 cm³/mol. The molecular weight excluding hydrogens is 214 g/mol. The SMILES string of the molecule is N#Cc1cc(OCCN2CCCC2)ccc1N. The Morgan fingerprint density at radius 2 is 2.12 bits per heavy atom. The third-order valence-electron chi connectivity index (χ3n) is 3.02. The van der Waals surface area contributed by atoms with Gasteiger partial charge in [-0.2, -0.15) is 5.26 Å². The Kier molecular flexibility index (Phi) is 3.84. The van der Waals surface area contributed by atoms with E-state index in [0.717, 1.165) is 12.3 Å². The monoisotopic (exact) mass is 231 g/mol. The molecule has 1 fully saturated rings. The van der Waals surface area contributed by atoms with Crippen LogP contribution in [0.3, 0.4) is 0 Å². The van der Waals surface area contributed by atoms with E-state index in [1.165, 1.54) is 25.9 Å². The number of benzene rings is 1. The van der Waals surface area contributed by atoms with Crippen LogP contribution in [-0.4, -0.2) is 31.1 Å². The molecule has 0 aliphatic carbocycles. The minimum absolute atomic E-state index is 0.476. The summed E-state index contributed by atoms with van der Waals surface area (Å²) in [7, 11) is 0. The van der Waals surface area contributed by atoms with Crippen molar-refractivity contribution in [2.75, 3.05) is 32.0 Å². The van der Waals surface area contributed by atoms with E-state index >= 15 is 0 Å². The molecule has 1 aromatic rings. The number of ether oxygens (including phenoxy) is 1. The smallest absolute Gasteiger partial charge is 0.120 e. The molecule has 1 aliphatic heterocycles. The van der Waals surface area contributed by atoms with Crippen molar-refractivity contribution in [1.29, 1.82) is 5.26 Å². The van der Waals surface area contributed by atoms with Crippen molar-refractivity contribution in [3.63, 3.8) is 0 Å². The second-order valence-electron chi connectivity index (χ2n) is 4.26. The topological polar surface area (TPSA) is 62.3 Å². The van der Waals surface area contributed by atoms with Gasteiger partial charge in [0.15, 0.2) is 0 Å². The zero-order valence-corrected chi connectivity index (χ0v) is 9.85. The van der Waals surface area contributed by atoms with E-state index in [1.54, 1.807) is 18.2 Å². The van der Waals surface area contributed by atoms with Crippen molar-refractivity contribution in [1.82, 2.24) is 4.90 Å². The number of likely N-dealkylation sites (tertiary alicyclic amines) is 1. The van der Waals surface area contributed by atoms with Gasteiger partial charge in [0.1, 0.15) is 18.4 Å². The van der Waals surface area contributed by atoms with Gasteiger partial charge in [-0.1, -0.05) is 0 Å². The third kappa shape index (κ3) is 3.11. The van der Waals surface area contributed by atoms with Crippen LogP contribution in [0.25, 0.3) is 0 Å². The highest BCUT2D eigenvalue weighted by Gasteiger charge is 2.10. The molecule has 4 nitrogen and oxygen atoms in total. The molecule has 0 amide bonds. The van der Waals surface area contributed by atoms with Crippen LogP contribution in [0.15, 0.2) is 18.2 Å². The molecule has 1 aliphatic rings. The van der Waals surface area contributed by atoms with Gasteiger partial charge < -0.3 is 10.5 Å². The van der Waals surface area contributed by atoms with Gasteiger partial charge in [0, 0.05) is 12.2 Å². The van der Waals surface area contributed by atoms with Crippen LogP contribution in [0.2, 0.25) is 0 Å². The molecule has 2 N–H and O–H groups in total. The first kappa shape index (κ1) is 11.7. The lowest BCUT2D eigenvalue weighted by molar-refractivity contribution is 0.238. The number of hydrogen-bond acceptors (Lipinski definition) is 4. The maximum atomic E-state index is 8.85. The first-order valence-corrected chi connectivity index (χ1v) is 5.94. The van der Waals surface area contributed by atoms with E-state index in [4.69, 9.17) is 15.7 Å². The Balaban J connectivity index is 1.84. The summed E-state index contributed by atoms with van der Waals surface area (Å²) in [6, 6.07) is 7.26. The largest absolute Gasteiger partial charge is 0.492 e. The molecule has 1 saturated heterocycles. The molecule has 0 bridgehead atoms. The van der Waals surface area contributed by atoms with Gasteiger partial charge in [0.05, 0.1) is 5.56 Å². The van der Waals surface area contributed by atoms with Crippen molar-refractivity contribution in [2.24, 2.45) is 0 Å². The number of nitrogen functional groups attached to an aromatic ring is 1. The molecule has 17 heavy (non-hydrogen) atoms. The van der Waals surface area contributed by atoms with Crippen LogP contribution in [0.1, 0.15) is 18.4 Å². The zero-order valence-electron chi connectivity index (χ0n) is 9.85. The number of nitrogens with two attached hydrogens (primary N) is 1. The highest BCUT2D eigenvalue weighted by Crippen LogP contribution is 2.18. The van der Waals surface area contributed by atoms with Gasteiger partial charge in [-0.05, 0) is 44.1 Å². The van der Waals surface area contributed by atoms with Gasteiger partial charge in [0.2, 0.25) is 0 Å². The Morgan fingerprint density at radius 3 is 2.82 bits per heavy atom. The maximum Gasteiger partial charge on any atom is 0.120 e. The molecular formula is C13H17N3O. The number of nitriles is 1. The van der Waals surface area contributed by atoms with Crippen LogP contribution in [-0.2, 0) is 0 Å². The van der Waals surface area contributed by atoms with Crippen molar-refractivity contribution < 1.29 is 4.74 Å². The van der Waals surface area contributed by atoms with Gasteiger partial charge in [-0.15, -0.1) is 0 Å². The minimum Gasteiger partial charge on any atom is -0.492 e. The summed E-state index contributed by atoms with van der Waals surface area (Å²) in [5.74, 6) is 0.718. The number of rotatable bonds is 4. The molecule has 0 aromatic heterocycles. The minimum atomic E-state index is 0.476. The summed E-state index contributed by atoms with van der Waals surface area (Å²) < 4.78 is 5.62. The van der Waals surface area contributed by atoms with Crippen molar-refractivity contribution in [3.8, 4) is 11.8 Å². The first-order chi connectivity index (χ1) is 8.29. The molecule has 0 spiro atoms. The second kappa shape index (κ2) is 5.55. The standard InChI is InChI=1S/C13H17N3O/c14-10-11-9-12(3-4-13(11)15)17-8-7-16-5-1-2-6-16/h3-4,9H,1-2,5-8,15H2. The lowest BCUT2D eigenvalue weighted by Gasteiger charge is -2.15. The number of nitrogens with zero attached hydrogens (tertiary/aromatic N) is 2. The van der Waals surface area contributed by atoms with E-state index in [-0.39, 0.29) is 0 Å². The van der Waals surface area contributed by atoms with Gasteiger partial charge in [0.25, 0.3) is 0 Å². The summed E-state index contributed by atoms with van der Waals surface area (Å²) in [4.78, 5) is 2.39. The van der Waals surface area contributed by atoms with Crippen LogP contribution in [0, 0.1) is 11.3 Å². The fourth-order valence-corrected chi connectivity index (χ4v) is 2.02. The average molecular weight is 231 g/mol. The lowest BCUT2D eigenvalue weighted by Crippen LogP contribution is -2.25. The molecule has 0 unspecified atom stereocenters. The molecule has 0 radical (unpaired) electrons. The summed E-state index contributed by atoms with van der Waals surface area (Å²) >= 11 is 0. The van der Waals surface area contributed by atoms with E-state index in [9.17, 15) is 0 Å². The molecule has 1 aromatic carbocycles. The Bertz CT molecular complexity index is 419. The fourth-order valence-electron chi connectivity index (χ4n) is 2.02. The molecule has 0 atom stereocenters. The molecule has 0 saturated carbocycles. The number of hydrogen-bond donors (Lipinski definition) is 1. The Morgan fingerprint density at radius 1 is 1.35 bits per heavy atom. The van der Waals surface area contributed by atoms with Crippen LogP contribution >= 0.6 is 0 Å². The van der Waals surface area contributed by atoms with E-state index in [1.807, 2.05) is 0 Å². The highest BCUT2D eigenvalue weighted by atomic mass is 16.5. The molecule has 4 heteroatoms. The molecule has 1 heterocycles. The summed E-state index contributed by atoms with van der Waals surface area (Å²) in [6.07, 6.45) is 2.58. The predicted octanol–water partition coefficient (Wildman–Crippen LogP) is 1.62. The molecule has 90 valence electrons. The van der Waals surface area contributed by atoms with Crippen molar-refractivity contribution in [2.45, 2.75) is 12.8 Å². The van der Waals surface area contributed by atoms with Gasteiger partial charge in [-0.25, -0.2) is 0 Å². The van der Waals surface area contributed by atoms with Gasteiger partial charge >= 0.3 is 0 Å². The zero-order chi connectivity index (χ0) is 12.1. The summed E-state index contributed by atoms with van der Waals surface area (Å²) in [6.45, 7) is 3.96. The fraction of sp³-hybridized carbons (Fsp3) is 0.462. The van der Waals surface area contributed by atoms with E-state index < -0.39 is 0 Å². The normalized spacial score (nSPS) is 15.7. The average Bonchev–Trinajstić information content (AvgIpc) is 2.84. The van der Waals surface area contributed by atoms with Crippen molar-refractivity contribution >= 4 is 5.69 Å². The Labute approximate surface area is 102 Å². The van der Waals surface area contributed by atoms with E-state index in [0.29, 0.717) is 17.9 Å². The van der Waals surface area contributed by atoms with Crippen LogP contribution in [0.4, 0.5) is 5.69 Å². The maximum absolute atomic E-state index is 8.85. The Hall–Kier alpha value is -1.73. The second-order valence-corrected chi connectivity index (χ2v) is 4.26. The van der Waals surface area contributed by atoms with Crippen molar-refractivity contribution in [3.05, 3.63) is 23.8 Å². The molecule has 2 rings (SSSR count). The summed E-state index contributed by atoms with van der Waals surface area (Å²) in [5.41, 5.74) is 6.62. The third-order valence-corrected chi connectivity index (χ3v) is 3.02. The number of anilines is 1. The quantitative estimate of drug-likeness (QED) is 0.800. The summed E-state index contributed by atoms with van der Waals surface area (Å²) in [5, 5.41) is 8.85. The highest BCUT2D eigenvalue weighted by molar-refractivity contribution is 5.56. The van der Waals surface area contributed by atoms with Crippen LogP contribution in [0.5, 0.6) is 5.75 Å². The van der Waals surface area contributed by atoms with Gasteiger partial charge in [-0.3, -0.25) is 4.90 Å². The first-order valence-electron chi connectivity index (χ1n) is 5.94. The van der Waals surface area contributed by atoms with E-state index in [2.05, 4.69) is 11.0 Å². The lowest BCUT2D eigenvalue weighted by atomic mass is 10.2.